The van der Waals surface area contributed by atoms with E-state index in [4.69, 9.17) is 5.11 Å². The number of rotatable bonds is 8. The van der Waals surface area contributed by atoms with Crippen LogP contribution in [0.3, 0.4) is 0 Å². The summed E-state index contributed by atoms with van der Waals surface area (Å²) in [5, 5.41) is 14.5. The molecule has 1 aliphatic rings. The number of fused-ring (bicyclic) bond motifs is 1. The lowest BCUT2D eigenvalue weighted by atomic mass is 9.91. The Hall–Kier alpha value is -3.39. The number of aromatic nitrogens is 3. The van der Waals surface area contributed by atoms with E-state index in [0.717, 1.165) is 25.7 Å². The highest BCUT2D eigenvalue weighted by atomic mass is 19.4. The van der Waals surface area contributed by atoms with Gasteiger partial charge in [0.05, 0.1) is 5.56 Å². The first kappa shape index (κ1) is 30.6. The Bertz CT molecular complexity index is 1470. The molecular weight excluding hydrogens is 554 g/mol. The summed E-state index contributed by atoms with van der Waals surface area (Å²) in [6.07, 6.45) is -2.71. The average Bonchev–Trinajstić information content (AvgIpc) is 2.89. The molecule has 2 heterocycles. The molecule has 0 spiro atoms. The molecule has 1 saturated carbocycles. The minimum absolute atomic E-state index is 0.145. The van der Waals surface area contributed by atoms with Crippen LogP contribution in [-0.4, -0.2) is 69.5 Å². The number of anilines is 2. The van der Waals surface area contributed by atoms with Crippen LogP contribution in [0.25, 0.3) is 22.2 Å². The van der Waals surface area contributed by atoms with Crippen molar-refractivity contribution in [2.45, 2.75) is 69.9 Å². The zero-order valence-corrected chi connectivity index (χ0v) is 23.0. The standard InChI is InChI=1S/C27H32F6N6O2/c1-13(2)39-24-14(11-35-26(37-24)36-15-5-7-16(8-6-15)38(3)4)9-18(25(39)41)17-10-19(28)23(22(30)21(17)29)34-12-20(40)27(31,32)33/h9-11,13,15-16,20,34,40H,5-8,12H2,1-4H3,(H,35,36,37)/t15-,16-,20-/m1/s1. The van der Waals surface area contributed by atoms with Crippen LogP contribution in [0.4, 0.5) is 38.0 Å². The molecule has 1 atom stereocenters. The van der Waals surface area contributed by atoms with E-state index in [-0.39, 0.29) is 17.3 Å². The van der Waals surface area contributed by atoms with Crippen molar-refractivity contribution >= 4 is 22.7 Å². The van der Waals surface area contributed by atoms with Gasteiger partial charge in [0.15, 0.2) is 17.7 Å². The molecule has 0 radical (unpaired) electrons. The molecule has 4 rings (SSSR count). The van der Waals surface area contributed by atoms with E-state index in [0.29, 0.717) is 23.4 Å². The predicted octanol–water partition coefficient (Wildman–Crippen LogP) is 5.08. The maximum Gasteiger partial charge on any atom is 0.416 e. The Labute approximate surface area is 232 Å². The fraction of sp³-hybridized carbons (Fsp3) is 0.519. The largest absolute Gasteiger partial charge is 0.416 e. The van der Waals surface area contributed by atoms with Gasteiger partial charge in [-0.1, -0.05) is 0 Å². The van der Waals surface area contributed by atoms with Gasteiger partial charge < -0.3 is 20.6 Å². The van der Waals surface area contributed by atoms with E-state index in [2.05, 4.69) is 20.2 Å². The number of hydrogen-bond donors (Lipinski definition) is 3. The summed E-state index contributed by atoms with van der Waals surface area (Å²) in [7, 11) is 4.10. The molecule has 0 saturated heterocycles. The molecule has 224 valence electrons. The minimum atomic E-state index is -5.05. The van der Waals surface area contributed by atoms with Crippen LogP contribution in [-0.2, 0) is 0 Å². The van der Waals surface area contributed by atoms with Crippen molar-refractivity contribution in [2.75, 3.05) is 31.3 Å². The van der Waals surface area contributed by atoms with Gasteiger partial charge in [0.25, 0.3) is 5.56 Å². The number of alkyl halides is 3. The van der Waals surface area contributed by atoms with Crippen molar-refractivity contribution in [2.24, 2.45) is 0 Å². The van der Waals surface area contributed by atoms with Crippen LogP contribution in [0.2, 0.25) is 0 Å². The Kier molecular flexibility index (Phi) is 8.83. The molecule has 14 heteroatoms. The number of pyridine rings is 1. The van der Waals surface area contributed by atoms with E-state index in [1.54, 1.807) is 19.2 Å². The second kappa shape index (κ2) is 11.8. The number of nitrogens with one attached hydrogen (secondary N) is 2. The first-order chi connectivity index (χ1) is 19.2. The van der Waals surface area contributed by atoms with Crippen LogP contribution in [0.1, 0.15) is 45.6 Å². The lowest BCUT2D eigenvalue weighted by Crippen LogP contribution is -2.36. The van der Waals surface area contributed by atoms with Gasteiger partial charge in [0.1, 0.15) is 17.2 Å². The fourth-order valence-corrected chi connectivity index (χ4v) is 5.05. The highest BCUT2D eigenvalue weighted by Gasteiger charge is 2.38. The minimum Gasteiger partial charge on any atom is -0.382 e. The number of aliphatic hydroxyl groups excluding tert-OH is 1. The Morgan fingerprint density at radius 3 is 2.32 bits per heavy atom. The number of nitrogens with zero attached hydrogens (tertiary/aromatic N) is 4. The summed E-state index contributed by atoms with van der Waals surface area (Å²) in [6, 6.07) is 1.91. The van der Waals surface area contributed by atoms with Crippen molar-refractivity contribution in [3.05, 3.63) is 46.1 Å². The highest BCUT2D eigenvalue weighted by Crippen LogP contribution is 2.32. The van der Waals surface area contributed by atoms with Gasteiger partial charge in [-0.05, 0) is 65.8 Å². The van der Waals surface area contributed by atoms with Crippen molar-refractivity contribution in [1.82, 2.24) is 19.4 Å². The molecule has 0 amide bonds. The number of benzene rings is 1. The van der Waals surface area contributed by atoms with Gasteiger partial charge in [-0.2, -0.15) is 18.2 Å². The third kappa shape index (κ3) is 6.43. The third-order valence-electron chi connectivity index (χ3n) is 7.35. The van der Waals surface area contributed by atoms with E-state index < -0.39 is 59.1 Å². The monoisotopic (exact) mass is 586 g/mol. The van der Waals surface area contributed by atoms with Gasteiger partial charge in [-0.25, -0.2) is 18.2 Å². The van der Waals surface area contributed by atoms with Crippen LogP contribution >= 0.6 is 0 Å². The molecule has 1 aromatic carbocycles. The summed E-state index contributed by atoms with van der Waals surface area (Å²) in [5.74, 6) is -4.60. The smallest absolute Gasteiger partial charge is 0.382 e. The number of halogens is 6. The molecule has 41 heavy (non-hydrogen) atoms. The van der Waals surface area contributed by atoms with E-state index in [1.807, 2.05) is 14.1 Å². The lowest BCUT2D eigenvalue weighted by molar-refractivity contribution is -0.198. The summed E-state index contributed by atoms with van der Waals surface area (Å²) < 4.78 is 83.7. The molecule has 0 bridgehead atoms. The van der Waals surface area contributed by atoms with E-state index in [9.17, 15) is 26.7 Å². The molecular formula is C27H32F6N6O2. The Balaban J connectivity index is 1.69. The average molecular weight is 587 g/mol. The van der Waals surface area contributed by atoms with Crippen molar-refractivity contribution in [1.29, 1.82) is 0 Å². The van der Waals surface area contributed by atoms with Gasteiger partial charge >= 0.3 is 6.18 Å². The lowest BCUT2D eigenvalue weighted by Gasteiger charge is -2.33. The second-order valence-corrected chi connectivity index (χ2v) is 10.8. The summed E-state index contributed by atoms with van der Waals surface area (Å²) >= 11 is 0. The summed E-state index contributed by atoms with van der Waals surface area (Å²) in [4.78, 5) is 24.6. The molecule has 3 N–H and O–H groups in total. The maximum absolute atomic E-state index is 15.1. The molecule has 1 fully saturated rings. The maximum atomic E-state index is 15.1. The van der Waals surface area contributed by atoms with Crippen LogP contribution in [0.15, 0.2) is 23.1 Å². The van der Waals surface area contributed by atoms with Gasteiger partial charge in [0, 0.05) is 41.8 Å². The van der Waals surface area contributed by atoms with Crippen LogP contribution in [0, 0.1) is 17.5 Å². The normalized spacial score (nSPS) is 18.8. The number of aliphatic hydroxyl groups is 1. The molecule has 8 nitrogen and oxygen atoms in total. The molecule has 0 unspecified atom stereocenters. The molecule has 2 aromatic heterocycles. The quantitative estimate of drug-likeness (QED) is 0.251. The van der Waals surface area contributed by atoms with E-state index in [1.165, 1.54) is 16.8 Å². The molecule has 1 aliphatic carbocycles. The fourth-order valence-electron chi connectivity index (χ4n) is 5.05. The van der Waals surface area contributed by atoms with Crippen LogP contribution < -0.4 is 16.2 Å². The summed E-state index contributed by atoms with van der Waals surface area (Å²) in [5.41, 5.74) is -2.82. The van der Waals surface area contributed by atoms with Gasteiger partial charge in [-0.3, -0.25) is 9.36 Å². The van der Waals surface area contributed by atoms with Gasteiger partial charge in [-0.15, -0.1) is 0 Å². The van der Waals surface area contributed by atoms with Crippen molar-refractivity contribution in [3.8, 4) is 11.1 Å². The Morgan fingerprint density at radius 2 is 1.73 bits per heavy atom. The molecule has 0 aliphatic heterocycles. The molecule has 3 aromatic rings. The van der Waals surface area contributed by atoms with Crippen molar-refractivity contribution < 1.29 is 31.4 Å². The topological polar surface area (TPSA) is 95.3 Å². The highest BCUT2D eigenvalue weighted by molar-refractivity contribution is 5.82. The first-order valence-electron chi connectivity index (χ1n) is 13.2. The summed E-state index contributed by atoms with van der Waals surface area (Å²) in [6.45, 7) is 2.08. The first-order valence-corrected chi connectivity index (χ1v) is 13.2. The zero-order chi connectivity index (χ0) is 30.2. The van der Waals surface area contributed by atoms with Crippen LogP contribution in [0.5, 0.6) is 0 Å². The SMILES string of the molecule is CC(C)n1c(=O)c(-c2cc(F)c(NC[C@@H](O)C(F)(F)F)c(F)c2F)cc2cnc(N[C@H]3CC[C@H](N(C)C)CC3)nc21. The van der Waals surface area contributed by atoms with Gasteiger partial charge in [0.2, 0.25) is 5.95 Å². The predicted molar refractivity (Wildman–Crippen MR) is 143 cm³/mol. The van der Waals surface area contributed by atoms with Crippen molar-refractivity contribution in [3.63, 3.8) is 0 Å². The number of hydrogen-bond acceptors (Lipinski definition) is 7. The second-order valence-electron chi connectivity index (χ2n) is 10.8. The Morgan fingerprint density at radius 1 is 1.07 bits per heavy atom. The third-order valence-corrected chi connectivity index (χ3v) is 7.35. The van der Waals surface area contributed by atoms with E-state index >= 15 is 4.39 Å². The zero-order valence-electron chi connectivity index (χ0n) is 23.0.